The van der Waals surface area contributed by atoms with Crippen molar-refractivity contribution in [1.82, 2.24) is 0 Å². The summed E-state index contributed by atoms with van der Waals surface area (Å²) in [5.41, 5.74) is 0. The first-order chi connectivity index (χ1) is 4.61. The number of hydrogen-bond acceptors (Lipinski definition) is 4. The molecule has 1 heterocycles. The zero-order valence-electron chi connectivity index (χ0n) is 5.79. The summed E-state index contributed by atoms with van der Waals surface area (Å²) in [4.78, 5) is 21.0. The summed E-state index contributed by atoms with van der Waals surface area (Å²) in [7, 11) is 0. The second-order valence-electron chi connectivity index (χ2n) is 2.22. The molecule has 4 nitrogen and oxygen atoms in total. The minimum atomic E-state index is -0.757. The quantitative estimate of drug-likeness (QED) is 0.503. The van der Waals surface area contributed by atoms with Gasteiger partial charge in [0.05, 0.1) is 0 Å². The Bertz CT molecular complexity index is 175. The lowest BCUT2D eigenvalue weighted by Gasteiger charge is -2.04. The van der Waals surface area contributed by atoms with Gasteiger partial charge in [0, 0.05) is 0 Å². The van der Waals surface area contributed by atoms with Crippen LogP contribution in [0.1, 0.15) is 13.8 Å². The van der Waals surface area contributed by atoms with E-state index in [-0.39, 0.29) is 5.78 Å². The first-order valence-electron chi connectivity index (χ1n) is 2.99. The average Bonchev–Trinajstić information content (AvgIpc) is 2.10. The highest BCUT2D eigenvalue weighted by Gasteiger charge is 2.36. The van der Waals surface area contributed by atoms with Gasteiger partial charge in [-0.05, 0) is 13.8 Å². The Balaban J connectivity index is 2.63. The standard InChI is InChI=1S/C6H8O4/c1-3(7)5-4(2)9-6(8)10-5/h4-5H,1-2H3. The molecule has 10 heavy (non-hydrogen) atoms. The summed E-state index contributed by atoms with van der Waals surface area (Å²) in [6, 6.07) is 0. The van der Waals surface area contributed by atoms with Crippen LogP contribution in [0.3, 0.4) is 0 Å². The molecule has 56 valence electrons. The van der Waals surface area contributed by atoms with Crippen LogP contribution in [0.15, 0.2) is 0 Å². The van der Waals surface area contributed by atoms with Crippen LogP contribution in [0.25, 0.3) is 0 Å². The van der Waals surface area contributed by atoms with E-state index >= 15 is 0 Å². The van der Waals surface area contributed by atoms with Gasteiger partial charge >= 0.3 is 6.16 Å². The van der Waals surface area contributed by atoms with Gasteiger partial charge in [0.1, 0.15) is 6.10 Å². The molecule has 0 radical (unpaired) electrons. The molecule has 0 N–H and O–H groups in total. The topological polar surface area (TPSA) is 52.6 Å². The Hall–Kier alpha value is -1.06. The predicted octanol–water partition coefficient (Wildman–Crippen LogP) is 0.499. The zero-order chi connectivity index (χ0) is 7.72. The van der Waals surface area contributed by atoms with Gasteiger partial charge in [-0.25, -0.2) is 4.79 Å². The lowest BCUT2D eigenvalue weighted by Crippen LogP contribution is -2.26. The van der Waals surface area contributed by atoms with Crippen LogP contribution < -0.4 is 0 Å². The molecule has 0 saturated carbocycles. The minimum absolute atomic E-state index is 0.182. The Kier molecular flexibility index (Phi) is 1.61. The highest BCUT2D eigenvalue weighted by atomic mass is 16.8. The normalized spacial score (nSPS) is 31.2. The fourth-order valence-corrected chi connectivity index (χ4v) is 0.854. The lowest BCUT2D eigenvalue weighted by molar-refractivity contribution is -0.124. The maximum Gasteiger partial charge on any atom is 0.509 e. The molecular weight excluding hydrogens is 136 g/mol. The third kappa shape index (κ3) is 1.10. The summed E-state index contributed by atoms with van der Waals surface area (Å²) in [5, 5.41) is 0. The molecule has 0 aliphatic carbocycles. The average molecular weight is 144 g/mol. The van der Waals surface area contributed by atoms with E-state index < -0.39 is 18.4 Å². The lowest BCUT2D eigenvalue weighted by atomic mass is 10.2. The van der Waals surface area contributed by atoms with Gasteiger partial charge in [-0.2, -0.15) is 0 Å². The van der Waals surface area contributed by atoms with Crippen LogP contribution in [0.4, 0.5) is 4.79 Å². The number of Topliss-reactive ketones (excluding diaryl/α,β-unsaturated/α-hetero) is 1. The van der Waals surface area contributed by atoms with E-state index in [4.69, 9.17) is 0 Å². The summed E-state index contributed by atoms with van der Waals surface area (Å²) in [5.74, 6) is -0.182. The summed E-state index contributed by atoms with van der Waals surface area (Å²) >= 11 is 0. The Morgan fingerprint density at radius 1 is 1.50 bits per heavy atom. The van der Waals surface area contributed by atoms with E-state index in [1.54, 1.807) is 6.92 Å². The first-order valence-corrected chi connectivity index (χ1v) is 2.99. The molecule has 0 aromatic rings. The van der Waals surface area contributed by atoms with Crippen molar-refractivity contribution in [2.24, 2.45) is 0 Å². The van der Waals surface area contributed by atoms with Crippen LogP contribution in [0.5, 0.6) is 0 Å². The summed E-state index contributed by atoms with van der Waals surface area (Å²) in [6.45, 7) is 2.99. The van der Waals surface area contributed by atoms with E-state index in [1.807, 2.05) is 0 Å². The van der Waals surface area contributed by atoms with Gasteiger partial charge < -0.3 is 9.47 Å². The van der Waals surface area contributed by atoms with Crippen molar-refractivity contribution < 1.29 is 19.1 Å². The SMILES string of the molecule is CC(=O)C1OC(=O)OC1C. The largest absolute Gasteiger partial charge is 0.509 e. The molecule has 0 aromatic heterocycles. The number of ketones is 1. The number of ether oxygens (including phenoxy) is 2. The van der Waals surface area contributed by atoms with Gasteiger partial charge in [-0.3, -0.25) is 4.79 Å². The Morgan fingerprint density at radius 2 is 2.10 bits per heavy atom. The highest BCUT2D eigenvalue weighted by molar-refractivity contribution is 5.84. The van der Waals surface area contributed by atoms with Crippen LogP contribution >= 0.6 is 0 Å². The van der Waals surface area contributed by atoms with Crippen molar-refractivity contribution in [2.45, 2.75) is 26.1 Å². The Morgan fingerprint density at radius 3 is 2.30 bits per heavy atom. The number of rotatable bonds is 1. The van der Waals surface area contributed by atoms with Crippen molar-refractivity contribution in [3.05, 3.63) is 0 Å². The minimum Gasteiger partial charge on any atom is -0.427 e. The highest BCUT2D eigenvalue weighted by Crippen LogP contribution is 2.14. The van der Waals surface area contributed by atoms with Crippen molar-refractivity contribution in [2.75, 3.05) is 0 Å². The third-order valence-electron chi connectivity index (χ3n) is 1.33. The van der Waals surface area contributed by atoms with Gasteiger partial charge in [0.25, 0.3) is 0 Å². The second-order valence-corrected chi connectivity index (χ2v) is 2.22. The van der Waals surface area contributed by atoms with Gasteiger partial charge in [0.2, 0.25) is 0 Å². The number of carbonyl (C=O) groups excluding carboxylic acids is 2. The predicted molar refractivity (Wildman–Crippen MR) is 31.5 cm³/mol. The monoisotopic (exact) mass is 144 g/mol. The van der Waals surface area contributed by atoms with Crippen LogP contribution in [0.2, 0.25) is 0 Å². The number of carbonyl (C=O) groups is 2. The fraction of sp³-hybridized carbons (Fsp3) is 0.667. The van der Waals surface area contributed by atoms with E-state index in [2.05, 4.69) is 9.47 Å². The van der Waals surface area contributed by atoms with Gasteiger partial charge in [-0.15, -0.1) is 0 Å². The van der Waals surface area contributed by atoms with Crippen molar-refractivity contribution in [3.63, 3.8) is 0 Å². The Labute approximate surface area is 58.1 Å². The van der Waals surface area contributed by atoms with Crippen molar-refractivity contribution >= 4 is 11.9 Å². The molecule has 0 spiro atoms. The maximum atomic E-state index is 10.6. The molecule has 4 heteroatoms. The molecular formula is C6H8O4. The zero-order valence-corrected chi connectivity index (χ0v) is 5.79. The molecule has 1 rings (SSSR count). The van der Waals surface area contributed by atoms with Crippen molar-refractivity contribution in [1.29, 1.82) is 0 Å². The molecule has 0 aromatic carbocycles. The van der Waals surface area contributed by atoms with E-state index in [1.165, 1.54) is 6.92 Å². The van der Waals surface area contributed by atoms with Gasteiger partial charge in [-0.1, -0.05) is 0 Å². The van der Waals surface area contributed by atoms with Crippen LogP contribution in [0, 0.1) is 0 Å². The van der Waals surface area contributed by atoms with Crippen LogP contribution in [-0.4, -0.2) is 24.1 Å². The van der Waals surface area contributed by atoms with E-state index in [0.717, 1.165) is 0 Å². The fourth-order valence-electron chi connectivity index (χ4n) is 0.854. The van der Waals surface area contributed by atoms with Gasteiger partial charge in [0.15, 0.2) is 11.9 Å². The molecule has 1 aliphatic heterocycles. The van der Waals surface area contributed by atoms with Crippen molar-refractivity contribution in [3.8, 4) is 0 Å². The molecule has 0 bridgehead atoms. The third-order valence-corrected chi connectivity index (χ3v) is 1.33. The molecule has 2 unspecified atom stereocenters. The molecule has 0 amide bonds. The molecule has 2 atom stereocenters. The maximum absolute atomic E-state index is 10.6. The summed E-state index contributed by atoms with van der Waals surface area (Å²) in [6.07, 6.45) is -1.90. The molecule has 1 saturated heterocycles. The number of cyclic esters (lactones) is 2. The summed E-state index contributed by atoms with van der Waals surface area (Å²) < 4.78 is 9.08. The first kappa shape index (κ1) is 7.05. The molecule has 1 aliphatic rings. The van der Waals surface area contributed by atoms with E-state index in [0.29, 0.717) is 0 Å². The number of hydrogen-bond donors (Lipinski definition) is 0. The molecule has 1 fully saturated rings. The van der Waals surface area contributed by atoms with Crippen LogP contribution in [-0.2, 0) is 14.3 Å². The second kappa shape index (κ2) is 2.28. The smallest absolute Gasteiger partial charge is 0.427 e. The van der Waals surface area contributed by atoms with E-state index in [9.17, 15) is 9.59 Å².